The Morgan fingerprint density at radius 2 is 0.789 bits per heavy atom. The quantitative estimate of drug-likeness (QED) is 0.0125. The van der Waals surface area contributed by atoms with Crippen molar-refractivity contribution >= 4 is 47.6 Å². The van der Waals surface area contributed by atoms with E-state index in [4.69, 9.17) is 53.6 Å². The number of aliphatic hydroxyl groups excluding tert-OH is 4. The summed E-state index contributed by atoms with van der Waals surface area (Å²) in [4.78, 5) is 92.0. The number of aliphatic carboxylic acids is 1. The maximum absolute atomic E-state index is 12.0. The third kappa shape index (κ3) is 46.2. The van der Waals surface area contributed by atoms with Gasteiger partial charge in [0.15, 0.2) is 0 Å². The van der Waals surface area contributed by atoms with E-state index in [2.05, 4.69) is 39.8 Å². The summed E-state index contributed by atoms with van der Waals surface area (Å²) in [5.41, 5.74) is 6.82. The summed E-state index contributed by atoms with van der Waals surface area (Å²) in [5, 5.41) is 54.3. The summed E-state index contributed by atoms with van der Waals surface area (Å²) in [5.74, 6) is 0.911. The van der Waals surface area contributed by atoms with Crippen molar-refractivity contribution in [2.75, 3.05) is 130 Å². The van der Waals surface area contributed by atoms with Crippen molar-refractivity contribution in [2.45, 2.75) is 121 Å². The third-order valence-corrected chi connectivity index (χ3v) is 15.3. The number of carboxylic acids is 1. The number of esters is 6. The largest absolute Gasteiger partial charge is 1.00 e. The SMILES string of the molecule is CC(=O)CCC(=O)OC(CO)CN(C)C.CN(C)CC(O)CO.COc1cccc(CCc2ccccc2O)c1.COc1cccc(CCc2ccccc2OCC(O)CN(C)C)c1.COc1cccc(CCc2ccccc2OC[C@H](CN(C)C)OC(=O)CCC(=O)O)c1.O=C1CCC(=O)O1.O=C1CCC(=O)O1.[H+]. The first-order chi connectivity index (χ1) is 51.9. The van der Waals surface area contributed by atoms with Crippen LogP contribution in [-0.2, 0) is 95.8 Å². The Morgan fingerprint density at radius 1 is 0.431 bits per heavy atom. The van der Waals surface area contributed by atoms with E-state index in [9.17, 15) is 48.6 Å². The highest BCUT2D eigenvalue weighted by Crippen LogP contribution is 2.25. The molecule has 2 aliphatic rings. The van der Waals surface area contributed by atoms with Crippen molar-refractivity contribution in [3.05, 3.63) is 179 Å². The average Bonchev–Trinajstić information content (AvgIpc) is 1.06. The number of aryl methyl sites for hydroxylation is 6. The molecule has 109 heavy (non-hydrogen) atoms. The molecule has 6 aromatic carbocycles. The fourth-order valence-corrected chi connectivity index (χ4v) is 9.98. The van der Waals surface area contributed by atoms with E-state index in [1.54, 1.807) is 27.4 Å². The van der Waals surface area contributed by atoms with E-state index < -0.39 is 66.2 Å². The summed E-state index contributed by atoms with van der Waals surface area (Å²) < 4.78 is 46.2. The molecule has 2 heterocycles. The molecule has 0 aliphatic carbocycles. The Hall–Kier alpha value is -9.84. The fraction of sp³-hybridized carbons (Fsp3) is 0.463. The van der Waals surface area contributed by atoms with E-state index in [0.717, 1.165) is 84.0 Å². The van der Waals surface area contributed by atoms with Crippen molar-refractivity contribution in [2.24, 2.45) is 0 Å². The van der Waals surface area contributed by atoms with Gasteiger partial charge in [0.2, 0.25) is 0 Å². The molecule has 0 saturated carbocycles. The number of ether oxygens (including phenoxy) is 9. The van der Waals surface area contributed by atoms with Gasteiger partial charge in [-0.15, -0.1) is 0 Å². The van der Waals surface area contributed by atoms with Gasteiger partial charge >= 0.3 is 43.2 Å². The van der Waals surface area contributed by atoms with Crippen LogP contribution in [0, 0.1) is 0 Å². The molecule has 27 heteroatoms. The minimum atomic E-state index is -1.03. The number of phenolic OH excluding ortho intramolecular Hbond substituents is 1. The summed E-state index contributed by atoms with van der Waals surface area (Å²) in [6.45, 7) is 3.62. The van der Waals surface area contributed by atoms with Crippen LogP contribution in [0.5, 0.6) is 34.5 Å². The first kappa shape index (κ1) is 95.2. The molecule has 0 bridgehead atoms. The van der Waals surface area contributed by atoms with Crippen LogP contribution in [0.25, 0.3) is 0 Å². The summed E-state index contributed by atoms with van der Waals surface area (Å²) in [7, 11) is 20.0. The number of likely N-dealkylation sites (N-methyl/N-ethyl adjacent to an activating group) is 4. The Morgan fingerprint density at radius 3 is 1.14 bits per heavy atom. The van der Waals surface area contributed by atoms with Gasteiger partial charge in [0.1, 0.15) is 71.8 Å². The van der Waals surface area contributed by atoms with Gasteiger partial charge < -0.3 is 97.7 Å². The van der Waals surface area contributed by atoms with Crippen molar-refractivity contribution in [1.82, 2.24) is 19.6 Å². The molecule has 8 rings (SSSR count). The third-order valence-electron chi connectivity index (χ3n) is 15.3. The number of carbonyl (C=O) groups excluding carboxylic acids is 7. The standard InChI is InChI=1S/C24H31NO6.C20H27NO3.C15H16O2.C10H19NO4.C5H13NO2.2C4H4O3/c1-25(2)16-21(31-24(28)14-13-23(26)27)17-30-22-10-5-4-8-19(22)12-11-18-7-6-9-20(15-18)29-3;1-21(2)14-18(22)15-24-20-10-5-4-8-17(20)12-11-16-7-6-9-19(13-16)23-3;1-17-14-7-4-5-12(11-14)9-10-13-6-2-3-8-15(13)16;1-8(13)4-5-10(14)15-9(7-12)6-11(2)3;1-6(2)3-5(8)4-7;2*5-3-1-2-4(6)7-3/h4-10,15,21H,11-14,16-17H2,1-3H3,(H,26,27);4-10,13,18,22H,11-12,14-15H2,1-3H3;2-8,11,16H,9-10H2,1H3;9,12H,4-7H2,1-3H3;5,7-8H,3-4H2,1-2H3;2*1-2H2/p+1/t21-;;;;;;/m0....../s1. The molecule has 2 aliphatic heterocycles. The molecule has 6 aromatic rings. The lowest BCUT2D eigenvalue weighted by atomic mass is 10.0. The van der Waals surface area contributed by atoms with Gasteiger partial charge in [-0.1, -0.05) is 91.0 Å². The number of carboxylic acid groups (broad SMARTS) is 1. The number of nitrogens with zero attached hydrogens (tertiary/aromatic N) is 4. The van der Waals surface area contributed by atoms with Gasteiger partial charge in [-0.2, -0.15) is 0 Å². The van der Waals surface area contributed by atoms with Crippen molar-refractivity contribution in [3.63, 3.8) is 0 Å². The molecule has 4 atom stereocenters. The Kier molecular flexibility index (Phi) is 48.5. The molecule has 6 N–H and O–H groups in total. The zero-order chi connectivity index (χ0) is 81.1. The number of rotatable bonds is 36. The maximum atomic E-state index is 12.0. The number of hydrogen-bond donors (Lipinski definition) is 6. The van der Waals surface area contributed by atoms with Crippen LogP contribution >= 0.6 is 0 Å². The number of aromatic hydroxyl groups is 1. The highest BCUT2D eigenvalue weighted by Gasteiger charge is 2.22. The van der Waals surface area contributed by atoms with Gasteiger partial charge in [-0.05, 0) is 190 Å². The molecule has 0 amide bonds. The van der Waals surface area contributed by atoms with E-state index in [-0.39, 0.29) is 78.4 Å². The summed E-state index contributed by atoms with van der Waals surface area (Å²) in [6.07, 6.45) is 3.98. The molecule has 0 spiro atoms. The molecule has 2 saturated heterocycles. The highest BCUT2D eigenvalue weighted by molar-refractivity contribution is 5.93. The van der Waals surface area contributed by atoms with E-state index >= 15 is 0 Å². The minimum Gasteiger partial charge on any atom is -0.508 e. The van der Waals surface area contributed by atoms with Gasteiger partial charge in [-0.3, -0.25) is 33.6 Å². The molecule has 0 aromatic heterocycles. The molecule has 600 valence electrons. The zero-order valence-corrected chi connectivity index (χ0v) is 65.1. The van der Waals surface area contributed by atoms with Crippen molar-refractivity contribution < 1.29 is 113 Å². The van der Waals surface area contributed by atoms with Gasteiger partial charge in [-0.25, -0.2) is 0 Å². The summed E-state index contributed by atoms with van der Waals surface area (Å²) in [6, 6.07) is 47.4. The molecule has 0 radical (unpaired) electrons. The normalized spacial score (nSPS) is 13.0. The number of phenols is 1. The van der Waals surface area contributed by atoms with Crippen LogP contribution in [0.1, 0.15) is 93.1 Å². The number of methoxy groups -OCH3 is 3. The molecule has 27 nitrogen and oxygen atoms in total. The van der Waals surface area contributed by atoms with E-state index in [0.29, 0.717) is 38.5 Å². The van der Waals surface area contributed by atoms with Crippen LogP contribution in [-0.4, -0.2) is 253 Å². The van der Waals surface area contributed by atoms with Gasteiger partial charge in [0.25, 0.3) is 0 Å². The van der Waals surface area contributed by atoms with Gasteiger partial charge in [0.05, 0.1) is 85.6 Å². The monoisotopic (exact) mass is 1520 g/mol. The van der Waals surface area contributed by atoms with Crippen LogP contribution in [0.3, 0.4) is 0 Å². The van der Waals surface area contributed by atoms with Crippen LogP contribution in [0.15, 0.2) is 146 Å². The number of cyclic esters (lactones) is 4. The maximum Gasteiger partial charge on any atom is 1.00 e. The first-order valence-electron chi connectivity index (χ1n) is 35.8. The average molecular weight is 1520 g/mol. The van der Waals surface area contributed by atoms with E-state index in [1.807, 2.05) is 185 Å². The molecular weight excluding hydrogens is 1410 g/mol. The molecular formula is C82H115N4O23+. The zero-order valence-electron chi connectivity index (χ0n) is 66.1. The minimum absolute atomic E-state index is 0. The number of Topliss-reactive ketones (excluding diaryl/α,β-unsaturated/α-hetero) is 1. The smallest absolute Gasteiger partial charge is 0.508 e. The lowest BCUT2D eigenvalue weighted by Gasteiger charge is -2.22. The predicted octanol–water partition coefficient (Wildman–Crippen LogP) is 7.70. The second-order valence-electron chi connectivity index (χ2n) is 26.3. The number of para-hydroxylation sites is 3. The highest BCUT2D eigenvalue weighted by atomic mass is 16.6. The second-order valence-corrected chi connectivity index (χ2v) is 26.3. The van der Waals surface area contributed by atoms with Crippen LogP contribution in [0.4, 0.5) is 0 Å². The fourth-order valence-electron chi connectivity index (χ4n) is 9.98. The van der Waals surface area contributed by atoms with Crippen molar-refractivity contribution in [1.29, 1.82) is 0 Å². The predicted molar refractivity (Wildman–Crippen MR) is 412 cm³/mol. The number of carbonyl (C=O) groups is 8. The second kappa shape index (κ2) is 55.5. The Bertz CT molecular complexity index is 3590. The number of hydrogen-bond acceptors (Lipinski definition) is 26. The number of benzene rings is 6. The number of ketones is 1. The lowest BCUT2D eigenvalue weighted by molar-refractivity contribution is -0.154. The lowest BCUT2D eigenvalue weighted by Crippen LogP contribution is -2.35. The molecule has 2 fully saturated rings. The van der Waals surface area contributed by atoms with Crippen LogP contribution < -0.4 is 23.7 Å². The van der Waals surface area contributed by atoms with Gasteiger partial charge in [0, 0.05) is 32.6 Å². The van der Waals surface area contributed by atoms with Crippen molar-refractivity contribution in [3.8, 4) is 34.5 Å². The first-order valence-corrected chi connectivity index (χ1v) is 35.8. The summed E-state index contributed by atoms with van der Waals surface area (Å²) >= 11 is 0. The Labute approximate surface area is 642 Å². The molecule has 3 unspecified atom stereocenters. The van der Waals surface area contributed by atoms with E-state index in [1.165, 1.54) is 23.6 Å². The topological polar surface area (TPSA) is 354 Å². The Balaban J connectivity index is 0.000000683. The number of aliphatic hydroxyl groups is 4. The van der Waals surface area contributed by atoms with Crippen LogP contribution in [0.2, 0.25) is 0 Å².